The van der Waals surface area contributed by atoms with Crippen molar-refractivity contribution in [2.45, 2.75) is 110 Å². The third kappa shape index (κ3) is 3.98. The molecule has 4 saturated carbocycles. The third-order valence-electron chi connectivity index (χ3n) is 11.3. The van der Waals surface area contributed by atoms with Gasteiger partial charge in [0.1, 0.15) is 0 Å². The molecule has 0 spiro atoms. The average Bonchev–Trinajstić information content (AvgIpc) is 3.10. The Morgan fingerprint density at radius 3 is 2.25 bits per heavy atom. The van der Waals surface area contributed by atoms with Gasteiger partial charge in [-0.15, -0.1) is 0 Å². The lowest BCUT2D eigenvalue weighted by Gasteiger charge is -2.61. The van der Waals surface area contributed by atoms with E-state index < -0.39 is 24.4 Å². The largest absolute Gasteiger partial charge is 0.396 e. The number of hydrogen-bond acceptors (Lipinski definition) is 5. The van der Waals surface area contributed by atoms with Gasteiger partial charge in [0.2, 0.25) is 0 Å². The number of hydrogen-bond donors (Lipinski definition) is 5. The second-order valence-corrected chi connectivity index (χ2v) is 12.9. The number of aliphatic hydroxyl groups is 5. The first-order valence-electron chi connectivity index (χ1n) is 13.4. The van der Waals surface area contributed by atoms with E-state index in [9.17, 15) is 25.5 Å². The Morgan fingerprint density at radius 2 is 1.56 bits per heavy atom. The molecule has 4 aliphatic carbocycles. The standard InChI is InChI=1S/C27H48O5/c1-15(14-28)11-23(30)25(32)16(2)19-7-8-20-18-6-5-17-12-22(29)24(31)13-27(17,4)21(18)9-10-26(19,20)3/h15-25,28-32H,5-14H2,1-4H3/t15?,16-,17-,18-,19+,20-,21-,22-,23+,24+,25+,26+,27-/m0/s1. The highest BCUT2D eigenvalue weighted by atomic mass is 16.3. The fraction of sp³-hybridized carbons (Fsp3) is 1.00. The number of fused-ring (bicyclic) bond motifs is 5. The van der Waals surface area contributed by atoms with E-state index in [2.05, 4.69) is 20.8 Å². The third-order valence-corrected chi connectivity index (χ3v) is 11.3. The molecule has 5 nitrogen and oxygen atoms in total. The minimum absolute atomic E-state index is 0.00510. The summed E-state index contributed by atoms with van der Waals surface area (Å²) in [5, 5.41) is 51.7. The molecule has 0 aromatic rings. The topological polar surface area (TPSA) is 101 Å². The normalized spacial score (nSPS) is 50.0. The second kappa shape index (κ2) is 9.11. The molecule has 5 N–H and O–H groups in total. The maximum Gasteiger partial charge on any atom is 0.0827 e. The molecule has 0 saturated heterocycles. The molecule has 4 aliphatic rings. The van der Waals surface area contributed by atoms with Gasteiger partial charge in [0, 0.05) is 6.61 Å². The smallest absolute Gasteiger partial charge is 0.0827 e. The lowest BCUT2D eigenvalue weighted by Crippen LogP contribution is -2.57. The van der Waals surface area contributed by atoms with Gasteiger partial charge < -0.3 is 25.5 Å². The quantitative estimate of drug-likeness (QED) is 0.425. The van der Waals surface area contributed by atoms with Gasteiger partial charge >= 0.3 is 0 Å². The molecule has 1 unspecified atom stereocenters. The summed E-state index contributed by atoms with van der Waals surface area (Å²) in [5.41, 5.74) is 0.322. The van der Waals surface area contributed by atoms with Gasteiger partial charge in [0.25, 0.3) is 0 Å². The van der Waals surface area contributed by atoms with E-state index in [0.717, 1.165) is 32.1 Å². The summed E-state index contributed by atoms with van der Waals surface area (Å²) in [6, 6.07) is 0. The lowest BCUT2D eigenvalue weighted by molar-refractivity contribution is -0.163. The summed E-state index contributed by atoms with van der Waals surface area (Å²) < 4.78 is 0. The first kappa shape index (κ1) is 24.9. The zero-order chi connectivity index (χ0) is 23.4. The van der Waals surface area contributed by atoms with E-state index in [1.807, 2.05) is 6.92 Å². The van der Waals surface area contributed by atoms with Gasteiger partial charge in [-0.2, -0.15) is 0 Å². The molecule has 0 aliphatic heterocycles. The number of rotatable bonds is 6. The first-order valence-corrected chi connectivity index (χ1v) is 13.4. The highest BCUT2D eigenvalue weighted by Gasteiger charge is 2.61. The Kier molecular flexibility index (Phi) is 7.09. The Bertz CT molecular complexity index is 656. The van der Waals surface area contributed by atoms with E-state index >= 15 is 0 Å². The summed E-state index contributed by atoms with van der Waals surface area (Å²) >= 11 is 0. The SMILES string of the molecule is CC(CO)C[C@@H](O)[C@H](O)[C@@H](C)[C@H]1CC[C@H]2[C@@H]3CC[C@H]4C[C@H](O)[C@H](O)C[C@]4(C)[C@H]3CC[C@]12C. The van der Waals surface area contributed by atoms with Crippen LogP contribution in [0.4, 0.5) is 0 Å². The molecule has 32 heavy (non-hydrogen) atoms. The van der Waals surface area contributed by atoms with Gasteiger partial charge in [-0.1, -0.05) is 27.7 Å². The Morgan fingerprint density at radius 1 is 0.875 bits per heavy atom. The van der Waals surface area contributed by atoms with Crippen LogP contribution in [0.3, 0.4) is 0 Å². The molecule has 0 heterocycles. The van der Waals surface area contributed by atoms with E-state index in [0.29, 0.717) is 36.0 Å². The maximum absolute atomic E-state index is 11.0. The maximum atomic E-state index is 11.0. The zero-order valence-electron chi connectivity index (χ0n) is 20.7. The lowest BCUT2D eigenvalue weighted by atomic mass is 9.44. The van der Waals surface area contributed by atoms with Crippen molar-refractivity contribution in [2.75, 3.05) is 6.61 Å². The van der Waals surface area contributed by atoms with Crippen molar-refractivity contribution < 1.29 is 25.5 Å². The zero-order valence-corrected chi connectivity index (χ0v) is 20.7. The van der Waals surface area contributed by atoms with Crippen molar-refractivity contribution in [2.24, 2.45) is 52.3 Å². The van der Waals surface area contributed by atoms with Gasteiger partial charge in [-0.05, 0) is 110 Å². The molecule has 0 aromatic heterocycles. The summed E-state index contributed by atoms with van der Waals surface area (Å²) in [6.45, 7) is 8.91. The fourth-order valence-corrected chi connectivity index (χ4v) is 9.39. The molecular formula is C27H48O5. The molecule has 0 bridgehead atoms. The molecule has 0 radical (unpaired) electrons. The van der Waals surface area contributed by atoms with Crippen LogP contribution in [0.15, 0.2) is 0 Å². The van der Waals surface area contributed by atoms with Crippen LogP contribution in [0.25, 0.3) is 0 Å². The van der Waals surface area contributed by atoms with Crippen LogP contribution in [0.1, 0.15) is 85.5 Å². The average molecular weight is 453 g/mol. The second-order valence-electron chi connectivity index (χ2n) is 12.9. The van der Waals surface area contributed by atoms with Crippen LogP contribution in [0.2, 0.25) is 0 Å². The van der Waals surface area contributed by atoms with Crippen LogP contribution in [-0.2, 0) is 0 Å². The molecule has 0 aromatic carbocycles. The molecule has 0 amide bonds. The van der Waals surface area contributed by atoms with Gasteiger partial charge in [-0.3, -0.25) is 0 Å². The predicted octanol–water partition coefficient (Wildman–Crippen LogP) is 3.35. The molecule has 186 valence electrons. The van der Waals surface area contributed by atoms with E-state index in [4.69, 9.17) is 0 Å². The van der Waals surface area contributed by atoms with E-state index in [1.54, 1.807) is 0 Å². The molecule has 4 fully saturated rings. The van der Waals surface area contributed by atoms with Crippen LogP contribution in [0.5, 0.6) is 0 Å². The van der Waals surface area contributed by atoms with Gasteiger partial charge in [0.15, 0.2) is 0 Å². The Balaban J connectivity index is 1.49. The van der Waals surface area contributed by atoms with Gasteiger partial charge in [-0.25, -0.2) is 0 Å². The van der Waals surface area contributed by atoms with Crippen molar-refractivity contribution in [1.29, 1.82) is 0 Å². The summed E-state index contributed by atoms with van der Waals surface area (Å²) in [7, 11) is 0. The minimum atomic E-state index is -0.782. The minimum Gasteiger partial charge on any atom is -0.396 e. The summed E-state index contributed by atoms with van der Waals surface area (Å²) in [6.07, 6.45) is 6.30. The highest BCUT2D eigenvalue weighted by Crippen LogP contribution is 2.68. The van der Waals surface area contributed by atoms with Crippen molar-refractivity contribution in [1.82, 2.24) is 0 Å². The molecule has 13 atom stereocenters. The number of aliphatic hydroxyl groups excluding tert-OH is 5. The van der Waals surface area contributed by atoms with Crippen molar-refractivity contribution in [3.05, 3.63) is 0 Å². The van der Waals surface area contributed by atoms with Crippen LogP contribution in [-0.4, -0.2) is 56.6 Å². The molecule has 5 heteroatoms. The highest BCUT2D eigenvalue weighted by molar-refractivity contribution is 5.11. The molecular weight excluding hydrogens is 404 g/mol. The van der Waals surface area contributed by atoms with E-state index in [-0.39, 0.29) is 29.3 Å². The molecule has 4 rings (SSSR count). The van der Waals surface area contributed by atoms with Crippen LogP contribution >= 0.6 is 0 Å². The predicted molar refractivity (Wildman–Crippen MR) is 125 cm³/mol. The summed E-state index contributed by atoms with van der Waals surface area (Å²) in [4.78, 5) is 0. The van der Waals surface area contributed by atoms with E-state index in [1.165, 1.54) is 19.3 Å². The summed E-state index contributed by atoms with van der Waals surface area (Å²) in [5.74, 6) is 2.91. The van der Waals surface area contributed by atoms with Crippen molar-refractivity contribution >= 4 is 0 Å². The van der Waals surface area contributed by atoms with Crippen molar-refractivity contribution in [3.63, 3.8) is 0 Å². The fourth-order valence-electron chi connectivity index (χ4n) is 9.39. The monoisotopic (exact) mass is 452 g/mol. The van der Waals surface area contributed by atoms with Crippen LogP contribution < -0.4 is 0 Å². The van der Waals surface area contributed by atoms with Crippen molar-refractivity contribution in [3.8, 4) is 0 Å². The van der Waals surface area contributed by atoms with Gasteiger partial charge in [0.05, 0.1) is 24.4 Å². The first-order chi connectivity index (χ1) is 15.0. The Labute approximate surface area is 194 Å². The Hall–Kier alpha value is -0.200. The van der Waals surface area contributed by atoms with Crippen LogP contribution in [0, 0.1) is 52.3 Å².